The van der Waals surface area contributed by atoms with E-state index in [9.17, 15) is 19.5 Å². The number of benzene rings is 2. The number of nitrogens with zero attached hydrogens (tertiary/aromatic N) is 1. The van der Waals surface area contributed by atoms with Gasteiger partial charge in [0.05, 0.1) is 0 Å². The number of hydrogen-bond acceptors (Lipinski definition) is 4. The highest BCUT2D eigenvalue weighted by Crippen LogP contribution is 2.44. The second-order valence-electron chi connectivity index (χ2n) is 9.98. The van der Waals surface area contributed by atoms with E-state index in [2.05, 4.69) is 29.6 Å². The van der Waals surface area contributed by atoms with Crippen LogP contribution in [-0.4, -0.2) is 53.7 Å². The molecule has 1 aliphatic carbocycles. The van der Waals surface area contributed by atoms with Crippen LogP contribution in [0.1, 0.15) is 57.6 Å². The monoisotopic (exact) mass is 466 g/mol. The summed E-state index contributed by atoms with van der Waals surface area (Å²) in [5.41, 5.74) is 4.32. The molecule has 0 heterocycles. The number of nitrogens with one attached hydrogen (secondary N) is 1. The van der Waals surface area contributed by atoms with Crippen molar-refractivity contribution >= 4 is 18.0 Å². The lowest BCUT2D eigenvalue weighted by Crippen LogP contribution is -2.45. The molecular weight excluding hydrogens is 432 g/mol. The molecule has 0 spiro atoms. The van der Waals surface area contributed by atoms with Crippen molar-refractivity contribution in [2.75, 3.05) is 19.7 Å². The fourth-order valence-electron chi connectivity index (χ4n) is 4.41. The van der Waals surface area contributed by atoms with Crippen LogP contribution in [-0.2, 0) is 14.3 Å². The van der Waals surface area contributed by atoms with Crippen molar-refractivity contribution < 1.29 is 24.2 Å². The van der Waals surface area contributed by atoms with Gasteiger partial charge >= 0.3 is 12.1 Å². The Hall–Kier alpha value is -3.35. The highest BCUT2D eigenvalue weighted by molar-refractivity contribution is 5.82. The molecule has 0 aliphatic heterocycles. The Morgan fingerprint density at radius 3 is 2.09 bits per heavy atom. The van der Waals surface area contributed by atoms with Gasteiger partial charge in [-0.25, -0.2) is 4.79 Å². The highest BCUT2D eigenvalue weighted by Gasteiger charge is 2.30. The topological polar surface area (TPSA) is 95.9 Å². The van der Waals surface area contributed by atoms with Gasteiger partial charge in [-0.1, -0.05) is 76.2 Å². The molecule has 182 valence electrons. The molecule has 0 saturated heterocycles. The molecule has 0 bridgehead atoms. The van der Waals surface area contributed by atoms with E-state index in [4.69, 9.17) is 4.74 Å². The number of carbonyl (C=O) groups excluding carboxylic acids is 2. The number of hydrogen-bond donors (Lipinski definition) is 2. The second kappa shape index (κ2) is 10.7. The van der Waals surface area contributed by atoms with E-state index >= 15 is 0 Å². The molecule has 0 fully saturated rings. The molecule has 7 nitrogen and oxygen atoms in total. The Morgan fingerprint density at radius 2 is 1.59 bits per heavy atom. The number of rotatable bonds is 9. The quantitative estimate of drug-likeness (QED) is 0.561. The lowest BCUT2D eigenvalue weighted by atomic mass is 9.95. The van der Waals surface area contributed by atoms with Crippen LogP contribution in [0.4, 0.5) is 4.79 Å². The van der Waals surface area contributed by atoms with Gasteiger partial charge in [-0.05, 0) is 34.1 Å². The molecule has 0 radical (unpaired) electrons. The molecule has 2 amide bonds. The maximum Gasteiger partial charge on any atom is 0.407 e. The van der Waals surface area contributed by atoms with Gasteiger partial charge in [0.15, 0.2) is 0 Å². The molecule has 0 unspecified atom stereocenters. The third-order valence-electron chi connectivity index (χ3n) is 5.92. The van der Waals surface area contributed by atoms with Crippen LogP contribution >= 0.6 is 0 Å². The summed E-state index contributed by atoms with van der Waals surface area (Å²) < 4.78 is 5.59. The number of carboxylic acid groups (broad SMARTS) is 1. The smallest absolute Gasteiger partial charge is 0.407 e. The van der Waals surface area contributed by atoms with Gasteiger partial charge in [-0.3, -0.25) is 9.59 Å². The van der Waals surface area contributed by atoms with E-state index in [1.807, 2.05) is 52.0 Å². The first-order chi connectivity index (χ1) is 16.1. The maximum atomic E-state index is 12.8. The predicted octanol–water partition coefficient (Wildman–Crippen LogP) is 4.65. The van der Waals surface area contributed by atoms with Gasteiger partial charge in [0.25, 0.3) is 0 Å². The van der Waals surface area contributed by atoms with Crippen molar-refractivity contribution in [2.24, 2.45) is 5.41 Å². The number of carbonyl (C=O) groups is 3. The van der Waals surface area contributed by atoms with E-state index in [0.29, 0.717) is 13.0 Å². The van der Waals surface area contributed by atoms with Crippen molar-refractivity contribution in [3.05, 3.63) is 59.7 Å². The Balaban J connectivity index is 1.60. The van der Waals surface area contributed by atoms with Gasteiger partial charge < -0.3 is 20.1 Å². The molecular formula is C27H34N2O5. The fraction of sp³-hybridized carbons (Fsp3) is 0.444. The van der Waals surface area contributed by atoms with Crippen molar-refractivity contribution in [3.8, 4) is 11.1 Å². The molecule has 1 atom stereocenters. The van der Waals surface area contributed by atoms with Crippen LogP contribution in [0.25, 0.3) is 11.1 Å². The Morgan fingerprint density at radius 1 is 1.03 bits per heavy atom. The zero-order valence-corrected chi connectivity index (χ0v) is 20.3. The van der Waals surface area contributed by atoms with E-state index < -0.39 is 18.1 Å². The highest BCUT2D eigenvalue weighted by atomic mass is 16.5. The van der Waals surface area contributed by atoms with Crippen molar-refractivity contribution in [1.29, 1.82) is 0 Å². The van der Waals surface area contributed by atoms with Gasteiger partial charge in [-0.2, -0.15) is 0 Å². The SMILES string of the molecule is CC[C@H](CC(=O)N(CC(=O)O)CC(C)(C)C)NC(=O)OCC1c2ccccc2-c2ccccc21. The van der Waals surface area contributed by atoms with Crippen LogP contribution in [0.5, 0.6) is 0 Å². The largest absolute Gasteiger partial charge is 0.480 e. The van der Waals surface area contributed by atoms with Crippen molar-refractivity contribution in [3.63, 3.8) is 0 Å². The minimum Gasteiger partial charge on any atom is -0.480 e. The lowest BCUT2D eigenvalue weighted by molar-refractivity contribution is -0.145. The Labute approximate surface area is 201 Å². The van der Waals surface area contributed by atoms with E-state index in [-0.39, 0.29) is 36.8 Å². The van der Waals surface area contributed by atoms with E-state index in [1.54, 1.807) is 0 Å². The number of amides is 2. The number of carboxylic acids is 1. The van der Waals surface area contributed by atoms with Gasteiger partial charge in [0.2, 0.25) is 5.91 Å². The van der Waals surface area contributed by atoms with Crippen LogP contribution in [0.2, 0.25) is 0 Å². The summed E-state index contributed by atoms with van der Waals surface area (Å²) in [6, 6.07) is 15.8. The molecule has 34 heavy (non-hydrogen) atoms. The van der Waals surface area contributed by atoms with Crippen molar-refractivity contribution in [2.45, 2.75) is 52.5 Å². The molecule has 3 rings (SSSR count). The fourth-order valence-corrected chi connectivity index (χ4v) is 4.41. The molecule has 2 N–H and O–H groups in total. The zero-order chi connectivity index (χ0) is 24.9. The summed E-state index contributed by atoms with van der Waals surface area (Å²) in [6.07, 6.45) is -0.0433. The molecule has 0 aromatic heterocycles. The van der Waals surface area contributed by atoms with Crippen LogP contribution < -0.4 is 5.32 Å². The summed E-state index contributed by atoms with van der Waals surface area (Å²) in [6.45, 7) is 7.85. The summed E-state index contributed by atoms with van der Waals surface area (Å²) in [5, 5.41) is 12.0. The number of aliphatic carboxylic acids is 1. The van der Waals surface area contributed by atoms with E-state index in [1.165, 1.54) is 4.90 Å². The maximum absolute atomic E-state index is 12.8. The first kappa shape index (κ1) is 25.3. The average molecular weight is 467 g/mol. The average Bonchev–Trinajstić information content (AvgIpc) is 3.09. The summed E-state index contributed by atoms with van der Waals surface area (Å²) in [4.78, 5) is 38.0. The van der Waals surface area contributed by atoms with Gasteiger partial charge in [-0.15, -0.1) is 0 Å². The lowest BCUT2D eigenvalue weighted by Gasteiger charge is -2.30. The van der Waals surface area contributed by atoms with Crippen LogP contribution in [0.3, 0.4) is 0 Å². The van der Waals surface area contributed by atoms with Crippen LogP contribution in [0.15, 0.2) is 48.5 Å². The molecule has 1 aliphatic rings. The predicted molar refractivity (Wildman–Crippen MR) is 131 cm³/mol. The van der Waals surface area contributed by atoms with Crippen LogP contribution in [0, 0.1) is 5.41 Å². The Kier molecular flexibility index (Phi) is 7.97. The molecule has 0 saturated carbocycles. The minimum atomic E-state index is -1.06. The van der Waals surface area contributed by atoms with Gasteiger partial charge in [0.1, 0.15) is 13.2 Å². The normalized spacial score (nSPS) is 13.5. The number of fused-ring (bicyclic) bond motifs is 3. The Bertz CT molecular complexity index is 998. The number of alkyl carbamates (subject to hydrolysis) is 1. The number of ether oxygens (including phenoxy) is 1. The molecule has 2 aromatic rings. The molecule has 7 heteroatoms. The van der Waals surface area contributed by atoms with E-state index in [0.717, 1.165) is 22.3 Å². The third kappa shape index (κ3) is 6.37. The first-order valence-corrected chi connectivity index (χ1v) is 11.7. The molecule has 2 aromatic carbocycles. The third-order valence-corrected chi connectivity index (χ3v) is 5.92. The summed E-state index contributed by atoms with van der Waals surface area (Å²) >= 11 is 0. The van der Waals surface area contributed by atoms with Crippen molar-refractivity contribution in [1.82, 2.24) is 10.2 Å². The first-order valence-electron chi connectivity index (χ1n) is 11.7. The standard InChI is InChI=1S/C27H34N2O5/c1-5-18(14-24(30)29(15-25(31)32)17-27(2,3)4)28-26(33)34-16-23-21-12-8-6-10-19(21)20-11-7-9-13-22(20)23/h6-13,18,23H,5,14-17H2,1-4H3,(H,28,33)(H,31,32)/t18-/m1/s1. The zero-order valence-electron chi connectivity index (χ0n) is 20.3. The summed E-state index contributed by atoms with van der Waals surface area (Å²) in [5.74, 6) is -1.41. The second-order valence-corrected chi connectivity index (χ2v) is 9.98. The minimum absolute atomic E-state index is 0.0179. The summed E-state index contributed by atoms with van der Waals surface area (Å²) in [7, 11) is 0. The van der Waals surface area contributed by atoms with Gasteiger partial charge in [0, 0.05) is 24.9 Å².